The molecule has 0 saturated carbocycles. The van der Waals surface area contributed by atoms with E-state index < -0.39 is 0 Å². The minimum absolute atomic E-state index is 0.913. The van der Waals surface area contributed by atoms with E-state index in [4.69, 9.17) is 9.97 Å². The van der Waals surface area contributed by atoms with Crippen LogP contribution in [0.4, 0.5) is 0 Å². The van der Waals surface area contributed by atoms with Gasteiger partial charge >= 0.3 is 0 Å². The van der Waals surface area contributed by atoms with E-state index in [2.05, 4.69) is 114 Å². The number of fused-ring (bicyclic) bond motifs is 5. The van der Waals surface area contributed by atoms with Crippen molar-refractivity contribution >= 4 is 43.4 Å². The van der Waals surface area contributed by atoms with Crippen LogP contribution in [0.25, 0.3) is 77.0 Å². The highest BCUT2D eigenvalue weighted by molar-refractivity contribution is 6.14. The van der Waals surface area contributed by atoms with Gasteiger partial charge in [-0.05, 0) is 75.1 Å². The van der Waals surface area contributed by atoms with Gasteiger partial charge in [0.15, 0.2) is 0 Å². The summed E-state index contributed by atoms with van der Waals surface area (Å²) in [5.74, 6) is 0. The van der Waals surface area contributed by atoms with Crippen LogP contribution in [0, 0.1) is 0 Å². The maximum Gasteiger partial charge on any atom is 0.0725 e. The Bertz CT molecular complexity index is 2220. The first-order valence-corrected chi connectivity index (χ1v) is 13.4. The molecule has 3 heterocycles. The van der Waals surface area contributed by atoms with Gasteiger partial charge in [0.2, 0.25) is 0 Å². The lowest BCUT2D eigenvalue weighted by atomic mass is 9.93. The van der Waals surface area contributed by atoms with Gasteiger partial charge in [-0.2, -0.15) is 0 Å². The van der Waals surface area contributed by atoms with E-state index in [1.807, 2.05) is 24.4 Å². The third kappa shape index (κ3) is 3.79. The van der Waals surface area contributed by atoms with Crippen LogP contribution in [0.1, 0.15) is 0 Å². The Hall–Kier alpha value is -5.41. The highest BCUT2D eigenvalue weighted by Crippen LogP contribution is 2.36. The molecule has 0 unspecified atom stereocenters. The standard InChI is InChI=1S/C37H23N3/c1-2-8-30-26(6-1)20-33(32-10-4-3-9-31(30)32)27-13-11-24-15-17-34(39-36(24)21-27)28-14-12-25-16-18-35(40-37(25)22-28)29-7-5-19-38-23-29/h1-23H. The number of hydrogen-bond donors (Lipinski definition) is 0. The summed E-state index contributed by atoms with van der Waals surface area (Å²) in [5.41, 5.74) is 8.21. The van der Waals surface area contributed by atoms with Gasteiger partial charge in [-0.3, -0.25) is 4.98 Å². The van der Waals surface area contributed by atoms with E-state index in [-0.39, 0.29) is 0 Å². The SMILES string of the molecule is c1cncc(-c2ccc3ccc(-c4ccc5ccc(-c6cc7ccccc7c7ccccc67)cc5n4)cc3n2)c1. The predicted molar refractivity (Wildman–Crippen MR) is 166 cm³/mol. The zero-order chi connectivity index (χ0) is 26.5. The van der Waals surface area contributed by atoms with Crippen molar-refractivity contribution in [3.63, 3.8) is 0 Å². The van der Waals surface area contributed by atoms with Gasteiger partial charge in [-0.15, -0.1) is 0 Å². The summed E-state index contributed by atoms with van der Waals surface area (Å²) in [6.45, 7) is 0. The van der Waals surface area contributed by atoms with Crippen LogP contribution in [0.3, 0.4) is 0 Å². The summed E-state index contributed by atoms with van der Waals surface area (Å²) < 4.78 is 0. The van der Waals surface area contributed by atoms with Crippen LogP contribution < -0.4 is 0 Å². The van der Waals surface area contributed by atoms with Crippen LogP contribution in [-0.2, 0) is 0 Å². The smallest absolute Gasteiger partial charge is 0.0725 e. The maximum atomic E-state index is 5.12. The van der Waals surface area contributed by atoms with Crippen molar-refractivity contribution in [1.29, 1.82) is 0 Å². The molecule has 0 aliphatic carbocycles. The lowest BCUT2D eigenvalue weighted by Gasteiger charge is -2.12. The second kappa shape index (κ2) is 9.11. The highest BCUT2D eigenvalue weighted by Gasteiger charge is 2.11. The molecule has 0 fully saturated rings. The Morgan fingerprint density at radius 1 is 0.400 bits per heavy atom. The first-order chi connectivity index (χ1) is 19.8. The first kappa shape index (κ1) is 22.6. The fourth-order valence-electron chi connectivity index (χ4n) is 5.69. The fraction of sp³-hybridized carbons (Fsp3) is 0. The van der Waals surface area contributed by atoms with Crippen LogP contribution in [0.5, 0.6) is 0 Å². The van der Waals surface area contributed by atoms with Crippen LogP contribution in [0.2, 0.25) is 0 Å². The Labute approximate surface area is 231 Å². The summed E-state index contributed by atoms with van der Waals surface area (Å²) in [7, 11) is 0. The maximum absolute atomic E-state index is 5.12. The Balaban J connectivity index is 1.25. The average molecular weight is 510 g/mol. The van der Waals surface area contributed by atoms with E-state index in [0.29, 0.717) is 0 Å². The minimum atomic E-state index is 0.913. The molecule has 0 amide bonds. The molecule has 186 valence electrons. The zero-order valence-corrected chi connectivity index (χ0v) is 21.6. The summed E-state index contributed by atoms with van der Waals surface area (Å²) in [4.78, 5) is 14.3. The predicted octanol–water partition coefficient (Wildman–Crippen LogP) is 9.49. The van der Waals surface area contributed by atoms with Gasteiger partial charge in [-0.1, -0.05) is 84.9 Å². The van der Waals surface area contributed by atoms with E-state index in [1.54, 1.807) is 6.20 Å². The number of pyridine rings is 3. The summed E-state index contributed by atoms with van der Waals surface area (Å²) in [5, 5.41) is 7.26. The van der Waals surface area contributed by atoms with Crippen LogP contribution in [0.15, 0.2) is 140 Å². The third-order valence-electron chi connectivity index (χ3n) is 7.72. The van der Waals surface area contributed by atoms with Crippen molar-refractivity contribution in [3.05, 3.63) is 140 Å². The summed E-state index contributed by atoms with van der Waals surface area (Å²) in [6, 6.07) is 44.9. The normalized spacial score (nSPS) is 11.5. The number of nitrogens with zero attached hydrogens (tertiary/aromatic N) is 3. The molecule has 8 aromatic rings. The number of benzene rings is 5. The fourth-order valence-corrected chi connectivity index (χ4v) is 5.69. The monoisotopic (exact) mass is 509 g/mol. The van der Waals surface area contributed by atoms with Crippen molar-refractivity contribution in [3.8, 4) is 33.6 Å². The second-order valence-electron chi connectivity index (χ2n) is 10.1. The molecule has 3 heteroatoms. The average Bonchev–Trinajstić information content (AvgIpc) is 3.03. The lowest BCUT2D eigenvalue weighted by Crippen LogP contribution is -1.90. The van der Waals surface area contributed by atoms with Crippen LogP contribution in [-0.4, -0.2) is 15.0 Å². The number of rotatable bonds is 3. The van der Waals surface area contributed by atoms with Crippen molar-refractivity contribution in [2.75, 3.05) is 0 Å². The van der Waals surface area contributed by atoms with Gasteiger partial charge in [-0.25, -0.2) is 9.97 Å². The minimum Gasteiger partial charge on any atom is -0.264 e. The molecule has 0 N–H and O–H groups in total. The second-order valence-corrected chi connectivity index (χ2v) is 10.1. The molecular weight excluding hydrogens is 486 g/mol. The van der Waals surface area contributed by atoms with E-state index in [0.717, 1.165) is 44.3 Å². The Morgan fingerprint density at radius 3 is 1.77 bits per heavy atom. The zero-order valence-electron chi connectivity index (χ0n) is 21.6. The third-order valence-corrected chi connectivity index (χ3v) is 7.72. The number of hydrogen-bond acceptors (Lipinski definition) is 3. The molecule has 0 spiro atoms. The molecule has 8 rings (SSSR count). The molecule has 0 saturated heterocycles. The van der Waals surface area contributed by atoms with Crippen molar-refractivity contribution in [1.82, 2.24) is 15.0 Å². The Morgan fingerprint density at radius 2 is 1.02 bits per heavy atom. The lowest BCUT2D eigenvalue weighted by molar-refractivity contribution is 1.30. The van der Waals surface area contributed by atoms with Gasteiger partial charge in [0, 0.05) is 34.3 Å². The molecule has 3 aromatic heterocycles. The molecule has 0 atom stereocenters. The van der Waals surface area contributed by atoms with Gasteiger partial charge in [0.05, 0.1) is 22.4 Å². The molecule has 5 aromatic carbocycles. The first-order valence-electron chi connectivity index (χ1n) is 13.4. The van der Waals surface area contributed by atoms with Gasteiger partial charge in [0.1, 0.15) is 0 Å². The van der Waals surface area contributed by atoms with Crippen molar-refractivity contribution in [2.24, 2.45) is 0 Å². The van der Waals surface area contributed by atoms with E-state index in [9.17, 15) is 0 Å². The largest absolute Gasteiger partial charge is 0.264 e. The molecular formula is C37H23N3. The van der Waals surface area contributed by atoms with Crippen molar-refractivity contribution in [2.45, 2.75) is 0 Å². The summed E-state index contributed by atoms with van der Waals surface area (Å²) in [6.07, 6.45) is 3.63. The highest BCUT2D eigenvalue weighted by atomic mass is 14.7. The topological polar surface area (TPSA) is 38.7 Å². The molecule has 0 aliphatic rings. The quantitative estimate of drug-likeness (QED) is 0.223. The molecule has 3 nitrogen and oxygen atoms in total. The molecule has 0 bridgehead atoms. The molecule has 0 aliphatic heterocycles. The number of aromatic nitrogens is 3. The molecule has 40 heavy (non-hydrogen) atoms. The Kier molecular flexibility index (Phi) is 5.14. The molecule has 0 radical (unpaired) electrons. The van der Waals surface area contributed by atoms with Crippen LogP contribution >= 0.6 is 0 Å². The van der Waals surface area contributed by atoms with E-state index >= 15 is 0 Å². The van der Waals surface area contributed by atoms with Gasteiger partial charge < -0.3 is 0 Å². The summed E-state index contributed by atoms with van der Waals surface area (Å²) >= 11 is 0. The van der Waals surface area contributed by atoms with E-state index in [1.165, 1.54) is 32.7 Å². The van der Waals surface area contributed by atoms with Gasteiger partial charge in [0.25, 0.3) is 0 Å². The van der Waals surface area contributed by atoms with Crippen molar-refractivity contribution < 1.29 is 0 Å².